The van der Waals surface area contributed by atoms with Gasteiger partial charge in [-0.05, 0) is 38.5 Å². The maximum Gasteiger partial charge on any atom is 0.221 e. The Morgan fingerprint density at radius 2 is 2.14 bits per heavy atom. The third-order valence-corrected chi connectivity index (χ3v) is 5.94. The fourth-order valence-corrected chi connectivity index (χ4v) is 4.64. The van der Waals surface area contributed by atoms with Gasteiger partial charge in [0.2, 0.25) is 5.91 Å². The van der Waals surface area contributed by atoms with E-state index in [-0.39, 0.29) is 23.5 Å². The van der Waals surface area contributed by atoms with Crippen molar-refractivity contribution in [2.75, 3.05) is 24.6 Å². The summed E-state index contributed by atoms with van der Waals surface area (Å²) >= 11 is 0. The number of carbonyl (C=O) groups excluding carboxylic acids is 1. The van der Waals surface area contributed by atoms with Crippen molar-refractivity contribution >= 4 is 15.7 Å². The number of carbonyl (C=O) groups is 1. The molecule has 21 heavy (non-hydrogen) atoms. The first-order valence-electron chi connectivity index (χ1n) is 7.93. The highest BCUT2D eigenvalue weighted by molar-refractivity contribution is 7.91. The Morgan fingerprint density at radius 3 is 2.81 bits per heavy atom. The summed E-state index contributed by atoms with van der Waals surface area (Å²) in [6.45, 7) is 1.26. The number of sulfone groups is 1. The van der Waals surface area contributed by atoms with Crippen LogP contribution in [-0.4, -0.2) is 45.0 Å². The third kappa shape index (κ3) is 6.18. The zero-order valence-electron chi connectivity index (χ0n) is 12.6. The van der Waals surface area contributed by atoms with Crippen LogP contribution in [0, 0.1) is 0 Å². The first-order chi connectivity index (χ1) is 10.1. The van der Waals surface area contributed by atoms with E-state index in [1.165, 1.54) is 31.3 Å². The quantitative estimate of drug-likeness (QED) is 0.692. The molecular formula is C15H26N2O3S. The van der Waals surface area contributed by atoms with Gasteiger partial charge in [0.25, 0.3) is 0 Å². The van der Waals surface area contributed by atoms with Crippen LogP contribution in [0.15, 0.2) is 11.6 Å². The first kappa shape index (κ1) is 16.5. The van der Waals surface area contributed by atoms with E-state index in [2.05, 4.69) is 16.7 Å². The van der Waals surface area contributed by atoms with Crippen molar-refractivity contribution in [3.8, 4) is 0 Å². The van der Waals surface area contributed by atoms with E-state index >= 15 is 0 Å². The van der Waals surface area contributed by atoms with Gasteiger partial charge in [-0.25, -0.2) is 8.42 Å². The molecule has 0 radical (unpaired) electrons. The van der Waals surface area contributed by atoms with Crippen LogP contribution in [0.5, 0.6) is 0 Å². The second-order valence-corrected chi connectivity index (χ2v) is 8.24. The van der Waals surface area contributed by atoms with Gasteiger partial charge in [0.1, 0.15) is 0 Å². The summed E-state index contributed by atoms with van der Waals surface area (Å²) in [5, 5.41) is 6.09. The highest BCUT2D eigenvalue weighted by Gasteiger charge is 2.27. The van der Waals surface area contributed by atoms with Crippen LogP contribution in [-0.2, 0) is 14.6 Å². The third-order valence-electron chi connectivity index (χ3n) is 4.17. The fraction of sp³-hybridized carbons (Fsp3) is 0.800. The number of hydrogen-bond acceptors (Lipinski definition) is 4. The molecule has 1 aliphatic carbocycles. The molecule has 0 aromatic rings. The van der Waals surface area contributed by atoms with Crippen molar-refractivity contribution in [2.45, 2.75) is 51.0 Å². The Kier molecular flexibility index (Phi) is 6.23. The van der Waals surface area contributed by atoms with E-state index in [0.29, 0.717) is 25.9 Å². The van der Waals surface area contributed by atoms with E-state index in [0.717, 1.165) is 6.42 Å². The number of hydrogen-bond donors (Lipinski definition) is 2. The lowest BCUT2D eigenvalue weighted by Gasteiger charge is -2.13. The van der Waals surface area contributed by atoms with Crippen molar-refractivity contribution in [1.29, 1.82) is 0 Å². The molecule has 0 bridgehead atoms. The van der Waals surface area contributed by atoms with Crippen LogP contribution in [0.4, 0.5) is 0 Å². The fourth-order valence-electron chi connectivity index (χ4n) is 2.93. The molecule has 1 atom stereocenters. The molecular weight excluding hydrogens is 288 g/mol. The Bertz CT molecular complexity index is 485. The van der Waals surface area contributed by atoms with Crippen LogP contribution >= 0.6 is 0 Å². The van der Waals surface area contributed by atoms with Crippen LogP contribution < -0.4 is 10.6 Å². The normalized spacial score (nSPS) is 24.6. The SMILES string of the molecule is O=C(CCNC1CCS(=O)(=O)C1)NCCC1=CCCCC1. The van der Waals surface area contributed by atoms with Gasteiger partial charge in [0.05, 0.1) is 11.5 Å². The molecule has 0 aromatic carbocycles. The molecule has 1 heterocycles. The predicted molar refractivity (Wildman–Crippen MR) is 83.9 cm³/mol. The molecule has 1 fully saturated rings. The number of nitrogens with one attached hydrogen (secondary N) is 2. The largest absolute Gasteiger partial charge is 0.356 e. The summed E-state index contributed by atoms with van der Waals surface area (Å²) in [6.07, 6.45) is 9.25. The molecule has 120 valence electrons. The van der Waals surface area contributed by atoms with Crippen molar-refractivity contribution in [1.82, 2.24) is 10.6 Å². The molecule has 0 aromatic heterocycles. The summed E-state index contributed by atoms with van der Waals surface area (Å²) in [5.41, 5.74) is 1.47. The van der Waals surface area contributed by atoms with Crippen LogP contribution in [0.3, 0.4) is 0 Å². The Hall–Kier alpha value is -0.880. The van der Waals surface area contributed by atoms with E-state index in [1.54, 1.807) is 0 Å². The zero-order valence-corrected chi connectivity index (χ0v) is 13.4. The molecule has 1 aliphatic heterocycles. The van der Waals surface area contributed by atoms with Gasteiger partial charge < -0.3 is 10.6 Å². The lowest BCUT2D eigenvalue weighted by molar-refractivity contribution is -0.120. The lowest BCUT2D eigenvalue weighted by Crippen LogP contribution is -2.34. The maximum atomic E-state index is 11.7. The topological polar surface area (TPSA) is 75.3 Å². The van der Waals surface area contributed by atoms with Gasteiger partial charge in [-0.2, -0.15) is 0 Å². The minimum absolute atomic E-state index is 0.0233. The first-order valence-corrected chi connectivity index (χ1v) is 9.76. The highest BCUT2D eigenvalue weighted by atomic mass is 32.2. The predicted octanol–water partition coefficient (Wildman–Crippen LogP) is 1.16. The average Bonchev–Trinajstić information content (AvgIpc) is 2.79. The average molecular weight is 314 g/mol. The lowest BCUT2D eigenvalue weighted by atomic mass is 9.97. The van der Waals surface area contributed by atoms with Crippen molar-refractivity contribution < 1.29 is 13.2 Å². The van der Waals surface area contributed by atoms with Gasteiger partial charge in [-0.1, -0.05) is 11.6 Å². The molecule has 2 aliphatic rings. The van der Waals surface area contributed by atoms with E-state index in [4.69, 9.17) is 0 Å². The second-order valence-electron chi connectivity index (χ2n) is 6.01. The molecule has 0 spiro atoms. The maximum absolute atomic E-state index is 11.7. The van der Waals surface area contributed by atoms with Gasteiger partial charge in [-0.3, -0.25) is 4.79 Å². The number of allylic oxidation sites excluding steroid dienone is 1. The summed E-state index contributed by atoms with van der Waals surface area (Å²) in [6, 6.07) is 0.0233. The standard InChI is InChI=1S/C15H26N2O3S/c18-15(17-9-6-13-4-2-1-3-5-13)7-10-16-14-8-11-21(19,20)12-14/h4,14,16H,1-3,5-12H2,(H,17,18). The minimum atomic E-state index is -2.84. The van der Waals surface area contributed by atoms with E-state index in [9.17, 15) is 13.2 Å². The molecule has 1 amide bonds. The smallest absolute Gasteiger partial charge is 0.221 e. The van der Waals surface area contributed by atoms with E-state index in [1.807, 2.05) is 0 Å². The minimum Gasteiger partial charge on any atom is -0.356 e. The van der Waals surface area contributed by atoms with Gasteiger partial charge in [-0.15, -0.1) is 0 Å². The molecule has 1 saturated heterocycles. The molecule has 6 heteroatoms. The molecule has 1 unspecified atom stereocenters. The monoisotopic (exact) mass is 314 g/mol. The highest BCUT2D eigenvalue weighted by Crippen LogP contribution is 2.19. The molecule has 5 nitrogen and oxygen atoms in total. The molecule has 2 rings (SSSR count). The summed E-state index contributed by atoms with van der Waals surface area (Å²) in [5.74, 6) is 0.522. The van der Waals surface area contributed by atoms with Gasteiger partial charge in [0, 0.05) is 25.6 Å². The Labute approximate surface area is 127 Å². The van der Waals surface area contributed by atoms with Crippen molar-refractivity contribution in [3.63, 3.8) is 0 Å². The Balaban J connectivity index is 1.52. The van der Waals surface area contributed by atoms with Crippen LogP contribution in [0.2, 0.25) is 0 Å². The summed E-state index contributed by atoms with van der Waals surface area (Å²) in [4.78, 5) is 11.7. The van der Waals surface area contributed by atoms with Gasteiger partial charge in [0.15, 0.2) is 9.84 Å². The van der Waals surface area contributed by atoms with Crippen LogP contribution in [0.25, 0.3) is 0 Å². The zero-order chi connectivity index (χ0) is 15.1. The van der Waals surface area contributed by atoms with Crippen molar-refractivity contribution in [3.05, 3.63) is 11.6 Å². The van der Waals surface area contributed by atoms with Crippen molar-refractivity contribution in [2.24, 2.45) is 0 Å². The summed E-state index contributed by atoms with van der Waals surface area (Å²) < 4.78 is 22.6. The van der Waals surface area contributed by atoms with Crippen LogP contribution in [0.1, 0.15) is 44.9 Å². The van der Waals surface area contributed by atoms with E-state index < -0.39 is 9.84 Å². The van der Waals surface area contributed by atoms with Gasteiger partial charge >= 0.3 is 0 Å². The summed E-state index contributed by atoms with van der Waals surface area (Å²) in [7, 11) is -2.84. The number of amides is 1. The Morgan fingerprint density at radius 1 is 1.29 bits per heavy atom. The molecule has 2 N–H and O–H groups in total. The number of rotatable bonds is 7. The molecule has 0 saturated carbocycles. The second kappa shape index (κ2) is 7.94.